The number of aromatic nitrogens is 4. The molecule has 5 aliphatic rings. The van der Waals surface area contributed by atoms with Crippen LogP contribution < -0.4 is 11.1 Å². The number of anilines is 1. The molecule has 3 saturated carbocycles. The van der Waals surface area contributed by atoms with Gasteiger partial charge in [0.25, 0.3) is 5.95 Å². The number of nitrogens with two attached hydrogens (primary N) is 1. The number of nitrogen functional groups attached to an aromatic ring is 1. The maximum atomic E-state index is 13.4. The van der Waals surface area contributed by atoms with Crippen LogP contribution in [0.5, 0.6) is 0 Å². The van der Waals surface area contributed by atoms with Gasteiger partial charge in [-0.25, -0.2) is 0 Å². The molecule has 2 bridgehead atoms. The van der Waals surface area contributed by atoms with Gasteiger partial charge in [-0.2, -0.15) is 4.80 Å². The number of fused-ring (bicyclic) bond motifs is 3. The number of nitrogens with zero attached hydrogens (tertiary/aromatic N) is 4. The van der Waals surface area contributed by atoms with Gasteiger partial charge in [-0.1, -0.05) is 86.0 Å². The number of rotatable bonds is 8. The van der Waals surface area contributed by atoms with E-state index >= 15 is 0 Å². The van der Waals surface area contributed by atoms with E-state index in [4.69, 9.17) is 15.2 Å². The molecule has 10 nitrogen and oxygen atoms in total. The minimum Gasteiger partial charge on any atom is -0.481 e. The molecule has 1 aromatic rings. The Morgan fingerprint density at radius 1 is 1.15 bits per heavy atom. The molecule has 2 heterocycles. The molecule has 1 saturated heterocycles. The van der Waals surface area contributed by atoms with Crippen molar-refractivity contribution in [1.82, 2.24) is 25.5 Å². The summed E-state index contributed by atoms with van der Waals surface area (Å²) in [7, 11) is 2.01. The quantitative estimate of drug-likeness (QED) is 0.269. The molecule has 1 aromatic heterocycles. The third-order valence-corrected chi connectivity index (χ3v) is 15.7. The molecule has 12 atom stereocenters. The number of carboxylic acids is 1. The summed E-state index contributed by atoms with van der Waals surface area (Å²) in [5, 5.41) is 27.7. The van der Waals surface area contributed by atoms with E-state index in [2.05, 4.69) is 96.0 Å². The molecule has 4 aliphatic carbocycles. The highest BCUT2D eigenvalue weighted by Gasteiger charge is 2.72. The normalized spacial score (nSPS) is 43.8. The van der Waals surface area contributed by atoms with E-state index in [1.807, 2.05) is 7.05 Å². The second kappa shape index (κ2) is 11.8. The minimum atomic E-state index is -0.626. The van der Waals surface area contributed by atoms with Crippen molar-refractivity contribution in [2.75, 3.05) is 32.6 Å². The molecule has 48 heavy (non-hydrogen) atoms. The lowest BCUT2D eigenvalue weighted by atomic mass is 9.34. The van der Waals surface area contributed by atoms with Crippen molar-refractivity contribution in [2.24, 2.45) is 62.1 Å². The summed E-state index contributed by atoms with van der Waals surface area (Å²) in [6.07, 6.45) is 7.97. The van der Waals surface area contributed by atoms with Crippen molar-refractivity contribution in [3.63, 3.8) is 0 Å². The van der Waals surface area contributed by atoms with E-state index in [0.717, 1.165) is 38.5 Å². The average Bonchev–Trinajstić information content (AvgIpc) is 3.43. The smallest absolute Gasteiger partial charge is 0.307 e. The SMILES string of the molecule is CN[C@@H](CO[C@H]1[C@H](n2nnc(N)n2)C[C@@]23COC[C@]1(C)[C@@H]2CC[C@H]1C3=CC[C@@]2(C)[C@H](C(=O)O)[C@@](C)([C@H](C)C(C)C)CC[C@]12C)C(C)(C)C. The molecule has 0 spiro atoms. The van der Waals surface area contributed by atoms with E-state index in [1.165, 1.54) is 5.57 Å². The van der Waals surface area contributed by atoms with Gasteiger partial charge in [-0.15, -0.1) is 5.10 Å². The molecule has 6 rings (SSSR count). The molecule has 1 aliphatic heterocycles. The zero-order chi connectivity index (χ0) is 35.2. The molecule has 4 N–H and O–H groups in total. The first-order valence-electron chi connectivity index (χ1n) is 18.6. The molecular weight excluding hydrogens is 604 g/mol. The van der Waals surface area contributed by atoms with Crippen LogP contribution in [0.4, 0.5) is 5.95 Å². The molecule has 0 amide bonds. The van der Waals surface area contributed by atoms with Crippen LogP contribution >= 0.6 is 0 Å². The number of hydrogen-bond donors (Lipinski definition) is 3. The Morgan fingerprint density at radius 3 is 2.44 bits per heavy atom. The summed E-state index contributed by atoms with van der Waals surface area (Å²) in [4.78, 5) is 15.2. The van der Waals surface area contributed by atoms with E-state index < -0.39 is 11.9 Å². The monoisotopic (exact) mass is 668 g/mol. The Bertz CT molecular complexity index is 1420. The fourth-order valence-corrected chi connectivity index (χ4v) is 12.5. The van der Waals surface area contributed by atoms with Gasteiger partial charge in [0.2, 0.25) is 0 Å². The Morgan fingerprint density at radius 2 is 1.85 bits per heavy atom. The summed E-state index contributed by atoms with van der Waals surface area (Å²) in [5.74, 6) is 0.523. The lowest BCUT2D eigenvalue weighted by molar-refractivity contribution is -0.253. The standard InChI is InChI=1S/C38H64N6O4/c1-22(2)23(3)34(7)16-17-36(9)24-12-13-27-35(8)20-47-21-38(27,25(24)14-15-37(36,10)29(34)31(45)46)18-26(44-42-32(39)41-43-44)30(35)48-19-28(40-11)33(4,5)6/h14,22-24,26-30,40H,12-13,15-21H2,1-11H3,(H2,39,42)(H,45,46)/t23-,24+,26-,27+,28+,29-,30+,34-,35-,36-,37+,38+/m1/s1. The number of carbonyl (C=O) groups is 1. The van der Waals surface area contributed by atoms with Crippen molar-refractivity contribution in [3.8, 4) is 0 Å². The Kier molecular flexibility index (Phi) is 8.76. The van der Waals surface area contributed by atoms with Crippen LogP contribution in [0.1, 0.15) is 114 Å². The maximum absolute atomic E-state index is 13.4. The third-order valence-electron chi connectivity index (χ3n) is 15.7. The largest absolute Gasteiger partial charge is 0.481 e. The van der Waals surface area contributed by atoms with Crippen molar-refractivity contribution < 1.29 is 19.4 Å². The van der Waals surface area contributed by atoms with E-state index in [0.29, 0.717) is 43.5 Å². The van der Waals surface area contributed by atoms with Crippen LogP contribution in [0.3, 0.4) is 0 Å². The van der Waals surface area contributed by atoms with Gasteiger partial charge in [-0.3, -0.25) is 4.79 Å². The zero-order valence-electron chi connectivity index (χ0n) is 31.6. The van der Waals surface area contributed by atoms with Crippen LogP contribution in [0.25, 0.3) is 0 Å². The van der Waals surface area contributed by atoms with Gasteiger partial charge >= 0.3 is 5.97 Å². The summed E-state index contributed by atoms with van der Waals surface area (Å²) >= 11 is 0. The van der Waals surface area contributed by atoms with Crippen LogP contribution in [0.2, 0.25) is 0 Å². The second-order valence-corrected chi connectivity index (χ2v) is 19.0. The predicted octanol–water partition coefficient (Wildman–Crippen LogP) is 6.40. The maximum Gasteiger partial charge on any atom is 0.307 e. The van der Waals surface area contributed by atoms with E-state index in [-0.39, 0.29) is 56.6 Å². The summed E-state index contributed by atoms with van der Waals surface area (Å²) in [6.45, 7) is 24.7. The van der Waals surface area contributed by atoms with Gasteiger partial charge < -0.3 is 25.6 Å². The number of hydrogen-bond acceptors (Lipinski definition) is 8. The average molecular weight is 669 g/mol. The lowest BCUT2D eigenvalue weighted by Gasteiger charge is -2.71. The van der Waals surface area contributed by atoms with Crippen molar-refractivity contribution >= 4 is 11.9 Å². The molecule has 0 aromatic carbocycles. The van der Waals surface area contributed by atoms with Gasteiger partial charge in [0.1, 0.15) is 6.04 Å². The first-order chi connectivity index (χ1) is 22.3. The molecule has 10 heteroatoms. The minimum absolute atomic E-state index is 0.0203. The molecule has 270 valence electrons. The number of ether oxygens (including phenoxy) is 2. The van der Waals surface area contributed by atoms with Crippen LogP contribution in [-0.2, 0) is 14.3 Å². The van der Waals surface area contributed by atoms with Crippen molar-refractivity contribution in [1.29, 1.82) is 0 Å². The van der Waals surface area contributed by atoms with Crippen LogP contribution in [-0.4, -0.2) is 70.3 Å². The van der Waals surface area contributed by atoms with Gasteiger partial charge in [0.15, 0.2) is 0 Å². The van der Waals surface area contributed by atoms with Crippen LogP contribution in [0.15, 0.2) is 11.6 Å². The fraction of sp³-hybridized carbons (Fsp3) is 0.895. The number of nitrogens with one attached hydrogen (secondary N) is 1. The predicted molar refractivity (Wildman–Crippen MR) is 187 cm³/mol. The Hall–Kier alpha value is -2.04. The number of aliphatic carboxylic acids is 1. The fourth-order valence-electron chi connectivity index (χ4n) is 12.5. The number of allylic oxidation sites excluding steroid dienone is 1. The Balaban J connectivity index is 1.43. The highest BCUT2D eigenvalue weighted by molar-refractivity contribution is 5.73. The van der Waals surface area contributed by atoms with Crippen molar-refractivity contribution in [2.45, 2.75) is 126 Å². The number of carboxylic acid groups (broad SMARTS) is 1. The highest BCUT2D eigenvalue weighted by Crippen LogP contribution is 2.75. The van der Waals surface area contributed by atoms with E-state index in [1.54, 1.807) is 4.80 Å². The summed E-state index contributed by atoms with van der Waals surface area (Å²) < 4.78 is 13.7. The first kappa shape index (κ1) is 35.8. The summed E-state index contributed by atoms with van der Waals surface area (Å²) in [5.41, 5.74) is 6.33. The molecule has 4 fully saturated rings. The Labute approximate surface area is 288 Å². The van der Waals surface area contributed by atoms with E-state index in [9.17, 15) is 9.90 Å². The number of likely N-dealkylation sites (N-methyl/N-ethyl adjacent to an activating group) is 1. The first-order valence-corrected chi connectivity index (χ1v) is 18.6. The molecular formula is C38H64N6O4. The lowest BCUT2D eigenvalue weighted by Crippen LogP contribution is -2.69. The molecule has 0 unspecified atom stereocenters. The zero-order valence-corrected chi connectivity index (χ0v) is 31.6. The topological polar surface area (TPSA) is 137 Å². The number of tetrazole rings is 1. The van der Waals surface area contributed by atoms with Crippen LogP contribution in [0, 0.1) is 62.1 Å². The highest BCUT2D eigenvalue weighted by atomic mass is 16.5. The van der Waals surface area contributed by atoms with Gasteiger partial charge in [0.05, 0.1) is 31.8 Å². The van der Waals surface area contributed by atoms with Gasteiger partial charge in [-0.05, 0) is 96.1 Å². The van der Waals surface area contributed by atoms with Crippen molar-refractivity contribution in [3.05, 3.63) is 11.6 Å². The van der Waals surface area contributed by atoms with Gasteiger partial charge in [0, 0.05) is 16.9 Å². The second-order valence-electron chi connectivity index (χ2n) is 19.0. The third kappa shape index (κ3) is 4.95. The summed E-state index contributed by atoms with van der Waals surface area (Å²) in [6, 6.07) is 0.00483. The molecule has 0 radical (unpaired) electrons.